The first-order valence-corrected chi connectivity index (χ1v) is 10.4. The number of rotatable bonds is 5. The van der Waals surface area contributed by atoms with Crippen molar-refractivity contribution in [2.24, 2.45) is 0 Å². The third-order valence-electron chi connectivity index (χ3n) is 4.57. The Bertz CT molecular complexity index is 974. The van der Waals surface area contributed by atoms with E-state index >= 15 is 0 Å². The summed E-state index contributed by atoms with van der Waals surface area (Å²) >= 11 is 0. The second kappa shape index (κ2) is 8.24. The van der Waals surface area contributed by atoms with Gasteiger partial charge in [0.2, 0.25) is 10.0 Å². The largest absolute Gasteiger partial charge is 0.366 e. The summed E-state index contributed by atoms with van der Waals surface area (Å²) in [6.07, 6.45) is 0. The first-order chi connectivity index (χ1) is 13.3. The van der Waals surface area contributed by atoms with Crippen LogP contribution in [0.3, 0.4) is 0 Å². The molecule has 3 rings (SSSR count). The monoisotopic (exact) mass is 409 g/mol. The number of anilines is 1. The number of benzene rings is 2. The second-order valence-corrected chi connectivity index (χ2v) is 8.14. The molecular weight excluding hydrogens is 388 g/mol. The molecule has 0 aliphatic carbocycles. The highest BCUT2D eigenvalue weighted by atomic mass is 32.2. The summed E-state index contributed by atoms with van der Waals surface area (Å²) in [5.74, 6) is -1.70. The molecule has 2 aromatic rings. The minimum atomic E-state index is -3.80. The van der Waals surface area contributed by atoms with Gasteiger partial charge in [0.1, 0.15) is 11.6 Å². The van der Waals surface area contributed by atoms with Crippen LogP contribution in [-0.4, -0.2) is 51.9 Å². The van der Waals surface area contributed by atoms with E-state index in [1.165, 1.54) is 11.0 Å². The molecule has 1 fully saturated rings. The van der Waals surface area contributed by atoms with Crippen molar-refractivity contribution in [1.82, 2.24) is 9.62 Å². The molecule has 1 aliphatic rings. The van der Waals surface area contributed by atoms with E-state index in [0.29, 0.717) is 18.8 Å². The number of sulfonamides is 1. The highest BCUT2D eigenvalue weighted by Gasteiger charge is 2.26. The van der Waals surface area contributed by atoms with E-state index in [1.54, 1.807) is 25.1 Å². The summed E-state index contributed by atoms with van der Waals surface area (Å²) in [7, 11) is -3.80. The summed E-state index contributed by atoms with van der Waals surface area (Å²) < 4.78 is 54.7. The minimum Gasteiger partial charge on any atom is -0.366 e. The summed E-state index contributed by atoms with van der Waals surface area (Å²) in [5.41, 5.74) is 0.165. The van der Waals surface area contributed by atoms with Gasteiger partial charge in [-0.1, -0.05) is 19.1 Å². The highest BCUT2D eigenvalue weighted by molar-refractivity contribution is 7.89. The van der Waals surface area contributed by atoms with E-state index in [0.717, 1.165) is 18.2 Å². The molecule has 1 N–H and O–H groups in total. The lowest BCUT2D eigenvalue weighted by molar-refractivity contribution is 0.0741. The van der Waals surface area contributed by atoms with Crippen LogP contribution in [0.5, 0.6) is 0 Å². The van der Waals surface area contributed by atoms with Crippen LogP contribution in [0.25, 0.3) is 0 Å². The van der Waals surface area contributed by atoms with Crippen molar-refractivity contribution in [2.75, 3.05) is 37.6 Å². The van der Waals surface area contributed by atoms with Crippen molar-refractivity contribution in [1.29, 1.82) is 0 Å². The zero-order valence-electron chi connectivity index (χ0n) is 15.4. The lowest BCUT2D eigenvalue weighted by atomic mass is 10.1. The Morgan fingerprint density at radius 1 is 1.04 bits per heavy atom. The smallest absolute Gasteiger partial charge is 0.256 e. The van der Waals surface area contributed by atoms with Crippen LogP contribution in [0.4, 0.5) is 14.5 Å². The SMILES string of the molecule is CCNS(=O)(=O)c1ccc(F)c(C(=O)N2CCN(c3ccccc3F)CC2)c1. The molecule has 9 heteroatoms. The first kappa shape index (κ1) is 20.2. The lowest BCUT2D eigenvalue weighted by Crippen LogP contribution is -2.49. The molecular formula is C19H21F2N3O3S. The van der Waals surface area contributed by atoms with Crippen LogP contribution >= 0.6 is 0 Å². The van der Waals surface area contributed by atoms with E-state index in [4.69, 9.17) is 0 Å². The van der Waals surface area contributed by atoms with Crippen LogP contribution in [0, 0.1) is 11.6 Å². The van der Waals surface area contributed by atoms with Crippen molar-refractivity contribution >= 4 is 21.6 Å². The number of carbonyl (C=O) groups excluding carboxylic acids is 1. The fourth-order valence-corrected chi connectivity index (χ4v) is 4.20. The number of halogens is 2. The van der Waals surface area contributed by atoms with Crippen LogP contribution in [0.15, 0.2) is 47.4 Å². The number of para-hydroxylation sites is 1. The Kier molecular flexibility index (Phi) is 5.95. The number of piperazine rings is 1. The zero-order chi connectivity index (χ0) is 20.3. The number of carbonyl (C=O) groups is 1. The van der Waals surface area contributed by atoms with Gasteiger partial charge in [-0.05, 0) is 30.3 Å². The van der Waals surface area contributed by atoms with Gasteiger partial charge in [-0.15, -0.1) is 0 Å². The quantitative estimate of drug-likeness (QED) is 0.822. The number of hydrogen-bond acceptors (Lipinski definition) is 4. The maximum atomic E-state index is 14.2. The van der Waals surface area contributed by atoms with E-state index in [-0.39, 0.29) is 35.9 Å². The van der Waals surface area contributed by atoms with Gasteiger partial charge >= 0.3 is 0 Å². The number of nitrogens with zero attached hydrogens (tertiary/aromatic N) is 2. The van der Waals surface area contributed by atoms with Crippen LogP contribution in [0.1, 0.15) is 17.3 Å². The van der Waals surface area contributed by atoms with Crippen LogP contribution in [-0.2, 0) is 10.0 Å². The molecule has 0 spiro atoms. The van der Waals surface area contributed by atoms with Crippen LogP contribution in [0.2, 0.25) is 0 Å². The third kappa shape index (κ3) is 4.15. The molecule has 6 nitrogen and oxygen atoms in total. The van der Waals surface area contributed by atoms with Gasteiger partial charge < -0.3 is 9.80 Å². The van der Waals surface area contributed by atoms with E-state index in [2.05, 4.69) is 4.72 Å². The van der Waals surface area contributed by atoms with Crippen LogP contribution < -0.4 is 9.62 Å². The Labute approximate surface area is 162 Å². The Morgan fingerprint density at radius 3 is 2.36 bits per heavy atom. The van der Waals surface area contributed by atoms with Crippen molar-refractivity contribution in [3.63, 3.8) is 0 Å². The fraction of sp³-hybridized carbons (Fsp3) is 0.316. The summed E-state index contributed by atoms with van der Waals surface area (Å²) in [4.78, 5) is 15.8. The van der Waals surface area contributed by atoms with Crippen molar-refractivity contribution < 1.29 is 22.0 Å². The van der Waals surface area contributed by atoms with Gasteiger partial charge in [-0.3, -0.25) is 4.79 Å². The number of hydrogen-bond donors (Lipinski definition) is 1. The predicted molar refractivity (Wildman–Crippen MR) is 102 cm³/mol. The zero-order valence-corrected chi connectivity index (χ0v) is 16.2. The standard InChI is InChI=1S/C19H21F2N3O3S/c1-2-22-28(26,27)14-7-8-16(20)15(13-14)19(25)24-11-9-23(10-12-24)18-6-4-3-5-17(18)21/h3-8,13,22H,2,9-12H2,1H3. The first-order valence-electron chi connectivity index (χ1n) is 8.91. The summed E-state index contributed by atoms with van der Waals surface area (Å²) in [6, 6.07) is 9.55. The van der Waals surface area contributed by atoms with Gasteiger partial charge in [0.15, 0.2) is 0 Å². The second-order valence-electron chi connectivity index (χ2n) is 6.37. The molecule has 2 aromatic carbocycles. The molecule has 1 aliphatic heterocycles. The van der Waals surface area contributed by atoms with Crippen molar-refractivity contribution in [2.45, 2.75) is 11.8 Å². The predicted octanol–water partition coefficient (Wildman–Crippen LogP) is 2.23. The van der Waals surface area contributed by atoms with E-state index in [1.807, 2.05) is 4.90 Å². The molecule has 0 unspecified atom stereocenters. The molecule has 28 heavy (non-hydrogen) atoms. The Hall–Kier alpha value is -2.52. The lowest BCUT2D eigenvalue weighted by Gasteiger charge is -2.36. The maximum Gasteiger partial charge on any atom is 0.256 e. The Morgan fingerprint density at radius 2 is 1.71 bits per heavy atom. The highest BCUT2D eigenvalue weighted by Crippen LogP contribution is 2.22. The van der Waals surface area contributed by atoms with E-state index in [9.17, 15) is 22.0 Å². The molecule has 150 valence electrons. The molecule has 1 saturated heterocycles. The maximum absolute atomic E-state index is 14.2. The van der Waals surface area contributed by atoms with Gasteiger partial charge in [0.25, 0.3) is 5.91 Å². The molecule has 0 aromatic heterocycles. The molecule has 1 amide bonds. The topological polar surface area (TPSA) is 69.7 Å². The number of nitrogens with one attached hydrogen (secondary N) is 1. The molecule has 0 radical (unpaired) electrons. The molecule has 0 saturated carbocycles. The average Bonchev–Trinajstić information content (AvgIpc) is 2.68. The molecule has 0 bridgehead atoms. The van der Waals surface area contributed by atoms with Gasteiger partial charge in [-0.25, -0.2) is 21.9 Å². The number of amides is 1. The van der Waals surface area contributed by atoms with E-state index < -0.39 is 21.7 Å². The Balaban J connectivity index is 1.76. The van der Waals surface area contributed by atoms with Crippen molar-refractivity contribution in [3.05, 3.63) is 59.7 Å². The fourth-order valence-electron chi connectivity index (χ4n) is 3.14. The van der Waals surface area contributed by atoms with Gasteiger partial charge in [0.05, 0.1) is 16.1 Å². The minimum absolute atomic E-state index is 0.163. The molecule has 1 heterocycles. The third-order valence-corrected chi connectivity index (χ3v) is 6.12. The molecule has 0 atom stereocenters. The summed E-state index contributed by atoms with van der Waals surface area (Å²) in [5, 5.41) is 0. The van der Waals surface area contributed by atoms with Gasteiger partial charge in [-0.2, -0.15) is 0 Å². The normalized spacial score (nSPS) is 15.0. The summed E-state index contributed by atoms with van der Waals surface area (Å²) in [6.45, 7) is 3.14. The van der Waals surface area contributed by atoms with Gasteiger partial charge in [0, 0.05) is 32.7 Å². The van der Waals surface area contributed by atoms with Crippen molar-refractivity contribution in [3.8, 4) is 0 Å². The average molecular weight is 409 g/mol.